The summed E-state index contributed by atoms with van der Waals surface area (Å²) in [4.78, 5) is 26.3. The van der Waals surface area contributed by atoms with Crippen molar-refractivity contribution in [2.24, 2.45) is 0 Å². The molecular weight excluding hydrogens is 404 g/mol. The molecule has 8 heteroatoms. The van der Waals surface area contributed by atoms with E-state index >= 15 is 0 Å². The highest BCUT2D eigenvalue weighted by molar-refractivity contribution is 8.01. The van der Waals surface area contributed by atoms with Crippen LogP contribution in [0.1, 0.15) is 28.8 Å². The third-order valence-electron chi connectivity index (χ3n) is 4.67. The molecule has 1 aromatic heterocycles. The molecule has 6 nitrogen and oxygen atoms in total. The van der Waals surface area contributed by atoms with E-state index in [0.717, 1.165) is 27.7 Å². The molecule has 0 saturated carbocycles. The number of nitrogens with zero attached hydrogens (tertiary/aromatic N) is 3. The number of aromatic nitrogens is 2. The van der Waals surface area contributed by atoms with Crippen LogP contribution in [0, 0.1) is 6.92 Å². The Morgan fingerprint density at radius 2 is 2.07 bits per heavy atom. The third kappa shape index (κ3) is 4.65. The molecule has 1 fully saturated rings. The topological polar surface area (TPSA) is 75.2 Å². The number of Topliss-reactive ketones (excluding diaryl/α,β-unsaturated/α-hetero) is 1. The number of aryl methyl sites for hydroxylation is 1. The number of ketones is 1. The monoisotopic (exact) mass is 424 g/mol. The molecule has 3 aromatic rings. The van der Waals surface area contributed by atoms with Gasteiger partial charge in [0.05, 0.1) is 5.75 Å². The van der Waals surface area contributed by atoms with Crippen LogP contribution in [0.15, 0.2) is 52.9 Å². The Hall–Kier alpha value is -2.71. The van der Waals surface area contributed by atoms with Crippen LogP contribution in [-0.4, -0.2) is 34.2 Å². The van der Waals surface area contributed by atoms with Crippen molar-refractivity contribution in [3.8, 4) is 0 Å². The van der Waals surface area contributed by atoms with Crippen LogP contribution in [0.2, 0.25) is 0 Å². The second-order valence-electron chi connectivity index (χ2n) is 6.72. The summed E-state index contributed by atoms with van der Waals surface area (Å²) in [7, 11) is 0. The molecule has 2 aromatic carbocycles. The Bertz CT molecular complexity index is 1050. The number of para-hydroxylation sites is 1. The summed E-state index contributed by atoms with van der Waals surface area (Å²) in [6, 6.07) is 15.3. The molecule has 0 radical (unpaired) electrons. The van der Waals surface area contributed by atoms with E-state index < -0.39 is 0 Å². The Balaban J connectivity index is 1.37. The number of amides is 1. The minimum Gasteiger partial charge on any atom is -0.330 e. The maximum Gasteiger partial charge on any atom is 0.227 e. The van der Waals surface area contributed by atoms with Gasteiger partial charge in [-0.15, -0.1) is 10.2 Å². The van der Waals surface area contributed by atoms with Crippen LogP contribution in [0.3, 0.4) is 0 Å². The van der Waals surface area contributed by atoms with Gasteiger partial charge in [0.2, 0.25) is 11.0 Å². The molecule has 1 aliphatic heterocycles. The first-order valence-electron chi connectivity index (χ1n) is 9.33. The number of rotatable bonds is 7. The summed E-state index contributed by atoms with van der Waals surface area (Å²) in [5, 5.41) is 12.3. The first-order chi connectivity index (χ1) is 14.1. The first-order valence-corrected chi connectivity index (χ1v) is 11.1. The van der Waals surface area contributed by atoms with Gasteiger partial charge >= 0.3 is 0 Å². The van der Waals surface area contributed by atoms with Crippen molar-refractivity contribution in [2.75, 3.05) is 22.5 Å². The number of nitrogens with one attached hydrogen (secondary N) is 1. The van der Waals surface area contributed by atoms with Crippen molar-refractivity contribution < 1.29 is 9.59 Å². The molecule has 0 unspecified atom stereocenters. The van der Waals surface area contributed by atoms with Crippen molar-refractivity contribution in [1.29, 1.82) is 0 Å². The highest BCUT2D eigenvalue weighted by Gasteiger charge is 2.22. The third-order valence-corrected chi connectivity index (χ3v) is 6.65. The predicted molar refractivity (Wildman–Crippen MR) is 117 cm³/mol. The summed E-state index contributed by atoms with van der Waals surface area (Å²) >= 11 is 2.79. The van der Waals surface area contributed by atoms with Crippen molar-refractivity contribution >= 4 is 51.3 Å². The largest absolute Gasteiger partial charge is 0.330 e. The maximum absolute atomic E-state index is 12.6. The number of benzene rings is 2. The zero-order valence-corrected chi connectivity index (χ0v) is 17.6. The Morgan fingerprint density at radius 3 is 2.86 bits per heavy atom. The first kappa shape index (κ1) is 19.6. The summed E-state index contributed by atoms with van der Waals surface area (Å²) in [6.45, 7) is 2.74. The van der Waals surface area contributed by atoms with Gasteiger partial charge in [0.1, 0.15) is 0 Å². The van der Waals surface area contributed by atoms with Gasteiger partial charge in [-0.3, -0.25) is 9.59 Å². The smallest absolute Gasteiger partial charge is 0.227 e. The van der Waals surface area contributed by atoms with Gasteiger partial charge in [0.15, 0.2) is 10.1 Å². The number of carbonyl (C=O) groups is 2. The molecule has 1 N–H and O–H groups in total. The van der Waals surface area contributed by atoms with Crippen LogP contribution in [0.25, 0.3) is 0 Å². The predicted octanol–water partition coefficient (Wildman–Crippen LogP) is 4.69. The summed E-state index contributed by atoms with van der Waals surface area (Å²) in [6.07, 6.45) is 1.44. The SMILES string of the molecule is Cc1ccccc1Nc1nnc(SCC(=O)c2cccc(N3CCCC3=O)c2)s1. The normalized spacial score (nSPS) is 13.7. The van der Waals surface area contributed by atoms with Gasteiger partial charge in [-0.1, -0.05) is 53.4 Å². The van der Waals surface area contributed by atoms with E-state index in [4.69, 9.17) is 0 Å². The summed E-state index contributed by atoms with van der Waals surface area (Å²) in [5.41, 5.74) is 3.52. The van der Waals surface area contributed by atoms with Crippen molar-refractivity contribution in [3.05, 3.63) is 59.7 Å². The lowest BCUT2D eigenvalue weighted by Gasteiger charge is -2.16. The van der Waals surface area contributed by atoms with Crippen LogP contribution < -0.4 is 10.2 Å². The molecule has 0 spiro atoms. The lowest BCUT2D eigenvalue weighted by molar-refractivity contribution is -0.117. The number of thioether (sulfide) groups is 1. The fourth-order valence-corrected chi connectivity index (χ4v) is 4.78. The van der Waals surface area contributed by atoms with Crippen molar-refractivity contribution in [3.63, 3.8) is 0 Å². The van der Waals surface area contributed by atoms with E-state index in [0.29, 0.717) is 23.7 Å². The standard InChI is InChI=1S/C21H20N4O2S2/c1-14-6-2-3-9-17(14)22-20-23-24-21(29-20)28-13-18(26)15-7-4-8-16(12-15)25-11-5-10-19(25)27/h2-4,6-9,12H,5,10-11,13H2,1H3,(H,22,23). The molecule has 1 saturated heterocycles. The fourth-order valence-electron chi connectivity index (χ4n) is 3.13. The van der Waals surface area contributed by atoms with E-state index in [1.54, 1.807) is 17.0 Å². The van der Waals surface area contributed by atoms with Gasteiger partial charge in [0.25, 0.3) is 0 Å². The van der Waals surface area contributed by atoms with Gasteiger partial charge in [-0.2, -0.15) is 0 Å². The highest BCUT2D eigenvalue weighted by atomic mass is 32.2. The van der Waals surface area contributed by atoms with Gasteiger partial charge in [-0.05, 0) is 37.1 Å². The Labute approximate surface area is 177 Å². The summed E-state index contributed by atoms with van der Waals surface area (Å²) in [5.74, 6) is 0.398. The lowest BCUT2D eigenvalue weighted by Crippen LogP contribution is -2.23. The van der Waals surface area contributed by atoms with Crippen molar-refractivity contribution in [2.45, 2.75) is 24.1 Å². The van der Waals surface area contributed by atoms with Crippen LogP contribution in [0.5, 0.6) is 0 Å². The molecule has 0 aliphatic carbocycles. The van der Waals surface area contributed by atoms with Crippen LogP contribution >= 0.6 is 23.1 Å². The second-order valence-corrected chi connectivity index (χ2v) is 8.92. The maximum atomic E-state index is 12.6. The number of carbonyl (C=O) groups excluding carboxylic acids is 2. The molecule has 2 heterocycles. The molecule has 29 heavy (non-hydrogen) atoms. The van der Waals surface area contributed by atoms with E-state index in [9.17, 15) is 9.59 Å². The number of anilines is 3. The zero-order valence-electron chi connectivity index (χ0n) is 15.9. The zero-order chi connectivity index (χ0) is 20.2. The van der Waals surface area contributed by atoms with E-state index in [-0.39, 0.29) is 17.4 Å². The van der Waals surface area contributed by atoms with Gasteiger partial charge < -0.3 is 10.2 Å². The van der Waals surface area contributed by atoms with Gasteiger partial charge in [-0.25, -0.2) is 0 Å². The van der Waals surface area contributed by atoms with Gasteiger partial charge in [0, 0.05) is 29.9 Å². The minimum atomic E-state index is 0.00658. The van der Waals surface area contributed by atoms with Crippen LogP contribution in [-0.2, 0) is 4.79 Å². The number of hydrogen-bond acceptors (Lipinski definition) is 7. The Kier molecular flexibility index (Phi) is 5.92. The summed E-state index contributed by atoms with van der Waals surface area (Å²) < 4.78 is 0.736. The number of hydrogen-bond donors (Lipinski definition) is 1. The molecule has 148 valence electrons. The minimum absolute atomic E-state index is 0.00658. The Morgan fingerprint density at radius 1 is 1.21 bits per heavy atom. The molecule has 0 atom stereocenters. The van der Waals surface area contributed by atoms with E-state index in [1.807, 2.05) is 43.3 Å². The average molecular weight is 425 g/mol. The quantitative estimate of drug-likeness (QED) is 0.438. The highest BCUT2D eigenvalue weighted by Crippen LogP contribution is 2.29. The van der Waals surface area contributed by atoms with E-state index in [2.05, 4.69) is 15.5 Å². The average Bonchev–Trinajstić information content (AvgIpc) is 3.37. The molecule has 0 bridgehead atoms. The molecule has 4 rings (SSSR count). The lowest BCUT2D eigenvalue weighted by atomic mass is 10.1. The molecule has 1 amide bonds. The van der Waals surface area contributed by atoms with Crippen molar-refractivity contribution in [1.82, 2.24) is 10.2 Å². The fraction of sp³-hybridized carbons (Fsp3) is 0.238. The molecule has 1 aliphatic rings. The van der Waals surface area contributed by atoms with Crippen LogP contribution in [0.4, 0.5) is 16.5 Å². The van der Waals surface area contributed by atoms with E-state index in [1.165, 1.54) is 23.1 Å². The molecular formula is C21H20N4O2S2. The second kappa shape index (κ2) is 8.75.